The minimum atomic E-state index is -0.991. The summed E-state index contributed by atoms with van der Waals surface area (Å²) in [5, 5.41) is 18.7. The van der Waals surface area contributed by atoms with Crippen LogP contribution >= 0.6 is 0 Å². The van der Waals surface area contributed by atoms with Crippen LogP contribution in [0.1, 0.15) is 37.5 Å². The molecule has 0 aliphatic carbocycles. The van der Waals surface area contributed by atoms with Crippen molar-refractivity contribution in [2.24, 2.45) is 0 Å². The Morgan fingerprint density at radius 2 is 1.31 bits per heavy atom. The number of benzene rings is 2. The van der Waals surface area contributed by atoms with E-state index in [1.807, 2.05) is 48.5 Å². The van der Waals surface area contributed by atoms with Crippen LogP contribution in [0.5, 0.6) is 0 Å². The normalized spacial score (nSPS) is 10.3. The van der Waals surface area contributed by atoms with Crippen LogP contribution in [-0.2, 0) is 0 Å². The first-order chi connectivity index (χ1) is 12.4. The van der Waals surface area contributed by atoms with Crippen LogP contribution in [0.15, 0.2) is 48.5 Å². The molecule has 0 heterocycles. The Kier molecular flexibility index (Phi) is 6.87. The molecule has 0 spiro atoms. The number of anilines is 1. The van der Waals surface area contributed by atoms with Crippen LogP contribution in [0.4, 0.5) is 5.69 Å². The molecule has 134 valence electrons. The average Bonchev–Trinajstić information content (AvgIpc) is 2.63. The first kappa shape index (κ1) is 19.6. The molecule has 0 unspecified atom stereocenters. The summed E-state index contributed by atoms with van der Waals surface area (Å²) in [6, 6.07) is 15.7. The van der Waals surface area contributed by atoms with Gasteiger partial charge in [-0.15, -0.1) is 0 Å². The third kappa shape index (κ3) is 6.30. The summed E-state index contributed by atoms with van der Waals surface area (Å²) in [6.45, 7) is 7.02. The molecule has 0 atom stereocenters. The number of rotatable bonds is 4. The van der Waals surface area contributed by atoms with Gasteiger partial charge in [0, 0.05) is 35.5 Å². The molecule has 0 amide bonds. The van der Waals surface area contributed by atoms with Gasteiger partial charge in [-0.1, -0.05) is 23.7 Å². The molecule has 2 aromatic rings. The predicted octanol–water partition coefficient (Wildman–Crippen LogP) is 3.03. The van der Waals surface area contributed by atoms with E-state index in [0.717, 1.165) is 28.9 Å². The van der Waals surface area contributed by atoms with Crippen LogP contribution in [-0.4, -0.2) is 35.5 Å². The fourth-order valence-electron chi connectivity index (χ4n) is 2.35. The van der Waals surface area contributed by atoms with Gasteiger partial charge in [-0.2, -0.15) is 0 Å². The summed E-state index contributed by atoms with van der Waals surface area (Å²) >= 11 is 0. The molecule has 3 nitrogen and oxygen atoms in total. The molecule has 0 bridgehead atoms. The molecule has 0 aliphatic rings. The Morgan fingerprint density at radius 1 is 0.846 bits per heavy atom. The third-order valence-electron chi connectivity index (χ3n) is 3.73. The van der Waals surface area contributed by atoms with E-state index in [4.69, 9.17) is 5.11 Å². The minimum Gasteiger partial charge on any atom is -0.395 e. The highest BCUT2D eigenvalue weighted by Crippen LogP contribution is 2.14. The van der Waals surface area contributed by atoms with Crippen molar-refractivity contribution in [3.8, 4) is 23.7 Å². The third-order valence-corrected chi connectivity index (χ3v) is 3.73. The molecule has 0 saturated heterocycles. The Bertz CT molecular complexity index is 823. The molecule has 26 heavy (non-hydrogen) atoms. The largest absolute Gasteiger partial charge is 0.395 e. The lowest BCUT2D eigenvalue weighted by Gasteiger charge is -2.21. The van der Waals surface area contributed by atoms with E-state index in [1.165, 1.54) is 0 Å². The minimum absolute atomic E-state index is 0.144. The van der Waals surface area contributed by atoms with E-state index >= 15 is 0 Å². The summed E-state index contributed by atoms with van der Waals surface area (Å²) < 4.78 is 0. The van der Waals surface area contributed by atoms with E-state index in [1.54, 1.807) is 13.8 Å². The molecule has 0 radical (unpaired) electrons. The highest BCUT2D eigenvalue weighted by atomic mass is 16.3. The highest BCUT2D eigenvalue weighted by Gasteiger charge is 2.05. The van der Waals surface area contributed by atoms with E-state index in [9.17, 15) is 5.11 Å². The van der Waals surface area contributed by atoms with Gasteiger partial charge in [0.2, 0.25) is 0 Å². The zero-order valence-electron chi connectivity index (χ0n) is 15.6. The van der Waals surface area contributed by atoms with Gasteiger partial charge in [-0.05, 0) is 69.3 Å². The number of hydrogen-bond donors (Lipinski definition) is 2. The van der Waals surface area contributed by atoms with Gasteiger partial charge in [-0.25, -0.2) is 0 Å². The number of nitrogens with zero attached hydrogens (tertiary/aromatic N) is 1. The monoisotopic (exact) mass is 347 g/mol. The lowest BCUT2D eigenvalue weighted by molar-refractivity contribution is 0.143. The Hall–Kier alpha value is -2.72. The van der Waals surface area contributed by atoms with Gasteiger partial charge in [0.15, 0.2) is 0 Å². The van der Waals surface area contributed by atoms with Gasteiger partial charge in [-0.3, -0.25) is 0 Å². The Labute approximate surface area is 156 Å². The number of hydrogen-bond acceptors (Lipinski definition) is 3. The smallest absolute Gasteiger partial charge is 0.120 e. The molecule has 2 rings (SSSR count). The molecule has 0 aromatic heterocycles. The van der Waals surface area contributed by atoms with Gasteiger partial charge in [0.1, 0.15) is 5.60 Å². The SMILES string of the molecule is CCN(CCO)c1ccc(C#Cc2ccc(C#CC(C)(C)O)cc2)cc1. The van der Waals surface area contributed by atoms with E-state index in [0.29, 0.717) is 6.54 Å². The van der Waals surface area contributed by atoms with Crippen LogP contribution in [0, 0.1) is 23.7 Å². The van der Waals surface area contributed by atoms with Gasteiger partial charge in [0.05, 0.1) is 6.61 Å². The van der Waals surface area contributed by atoms with Crippen LogP contribution in [0.3, 0.4) is 0 Å². The topological polar surface area (TPSA) is 43.7 Å². The van der Waals surface area contributed by atoms with Gasteiger partial charge >= 0.3 is 0 Å². The molecular weight excluding hydrogens is 322 g/mol. The maximum Gasteiger partial charge on any atom is 0.120 e. The van der Waals surface area contributed by atoms with Crippen LogP contribution in [0.25, 0.3) is 0 Å². The van der Waals surface area contributed by atoms with Gasteiger partial charge < -0.3 is 15.1 Å². The zero-order valence-corrected chi connectivity index (χ0v) is 15.6. The summed E-state index contributed by atoms with van der Waals surface area (Å²) in [4.78, 5) is 2.12. The second kappa shape index (κ2) is 9.11. The number of likely N-dealkylation sites (N-methyl/N-ethyl adjacent to an activating group) is 1. The molecule has 2 N–H and O–H groups in total. The van der Waals surface area contributed by atoms with Crippen LogP contribution in [0.2, 0.25) is 0 Å². The molecule has 0 aliphatic heterocycles. The molecule has 0 saturated carbocycles. The van der Waals surface area contributed by atoms with Crippen LogP contribution < -0.4 is 4.90 Å². The molecule has 2 aromatic carbocycles. The lowest BCUT2D eigenvalue weighted by atomic mass is 10.1. The lowest BCUT2D eigenvalue weighted by Crippen LogP contribution is -2.25. The molecular formula is C23H25NO2. The first-order valence-corrected chi connectivity index (χ1v) is 8.75. The van der Waals surface area contributed by atoms with Crippen molar-refractivity contribution in [1.82, 2.24) is 0 Å². The average molecular weight is 347 g/mol. The Morgan fingerprint density at radius 3 is 1.73 bits per heavy atom. The number of aliphatic hydroxyl groups is 2. The second-order valence-electron chi connectivity index (χ2n) is 6.49. The predicted molar refractivity (Wildman–Crippen MR) is 107 cm³/mol. The fraction of sp³-hybridized carbons (Fsp3) is 0.304. The van der Waals surface area contributed by atoms with E-state index in [-0.39, 0.29) is 6.61 Å². The van der Waals surface area contributed by atoms with Crippen molar-refractivity contribution < 1.29 is 10.2 Å². The summed E-state index contributed by atoms with van der Waals surface area (Å²) in [6.07, 6.45) is 0. The second-order valence-corrected chi connectivity index (χ2v) is 6.49. The van der Waals surface area contributed by atoms with E-state index in [2.05, 4.69) is 35.5 Å². The van der Waals surface area contributed by atoms with Crippen molar-refractivity contribution in [2.75, 3.05) is 24.6 Å². The van der Waals surface area contributed by atoms with Crippen molar-refractivity contribution in [2.45, 2.75) is 26.4 Å². The van der Waals surface area contributed by atoms with Crippen molar-refractivity contribution >= 4 is 5.69 Å². The first-order valence-electron chi connectivity index (χ1n) is 8.75. The van der Waals surface area contributed by atoms with Crippen molar-refractivity contribution in [1.29, 1.82) is 0 Å². The summed E-state index contributed by atoms with van der Waals surface area (Å²) in [5.41, 5.74) is 2.81. The summed E-state index contributed by atoms with van der Waals surface area (Å²) in [7, 11) is 0. The quantitative estimate of drug-likeness (QED) is 0.836. The van der Waals surface area contributed by atoms with Gasteiger partial charge in [0.25, 0.3) is 0 Å². The standard InChI is InChI=1S/C23H25NO2/c1-4-24(17-18-25)22-13-11-20(12-14-22)6-5-19-7-9-21(10-8-19)15-16-23(2,3)26/h7-14,25-26H,4,17-18H2,1-3H3. The zero-order chi connectivity index (χ0) is 19.0. The maximum absolute atomic E-state index is 9.63. The maximum atomic E-state index is 9.63. The van der Waals surface area contributed by atoms with E-state index < -0.39 is 5.60 Å². The Balaban J connectivity index is 2.08. The molecule has 0 fully saturated rings. The molecule has 3 heteroatoms. The summed E-state index contributed by atoms with van der Waals surface area (Å²) in [5.74, 6) is 12.0. The van der Waals surface area contributed by atoms with Crippen molar-refractivity contribution in [3.63, 3.8) is 0 Å². The highest BCUT2D eigenvalue weighted by molar-refractivity contribution is 5.52. The van der Waals surface area contributed by atoms with Crippen molar-refractivity contribution in [3.05, 3.63) is 65.2 Å². The fourth-order valence-corrected chi connectivity index (χ4v) is 2.35. The number of aliphatic hydroxyl groups excluding tert-OH is 1.